The topological polar surface area (TPSA) is 55.6 Å². The summed E-state index contributed by atoms with van der Waals surface area (Å²) in [5.74, 6) is 1.16. The zero-order valence-electron chi connectivity index (χ0n) is 10.6. The van der Waals surface area contributed by atoms with E-state index in [1.807, 2.05) is 0 Å². The van der Waals surface area contributed by atoms with Crippen molar-refractivity contribution in [2.45, 2.75) is 20.0 Å². The molecule has 0 aliphatic heterocycles. The molecule has 1 N–H and O–H groups in total. The smallest absolute Gasteiger partial charge is 0.373 e. The molecule has 2 aromatic heterocycles. The highest BCUT2D eigenvalue weighted by molar-refractivity contribution is 5.44. The normalized spacial score (nSPS) is 11.7. The van der Waals surface area contributed by atoms with Gasteiger partial charge < -0.3 is 5.32 Å². The lowest BCUT2D eigenvalue weighted by Gasteiger charge is -2.11. The van der Waals surface area contributed by atoms with Gasteiger partial charge in [0.15, 0.2) is 5.82 Å². The third-order valence-electron chi connectivity index (χ3n) is 2.49. The number of nitrogens with one attached hydrogen (secondary N) is 1. The van der Waals surface area contributed by atoms with E-state index in [4.69, 9.17) is 0 Å². The van der Waals surface area contributed by atoms with Crippen LogP contribution in [-0.4, -0.2) is 26.8 Å². The molecule has 0 aliphatic rings. The fourth-order valence-electron chi connectivity index (χ4n) is 1.65. The van der Waals surface area contributed by atoms with E-state index in [1.54, 1.807) is 13.8 Å². The lowest BCUT2D eigenvalue weighted by Crippen LogP contribution is -2.11. The summed E-state index contributed by atoms with van der Waals surface area (Å²) in [5.41, 5.74) is -0.783. The Kier molecular flexibility index (Phi) is 3.17. The minimum Gasteiger partial charge on any atom is -0.373 e. The number of nitrogens with zero attached hydrogens (tertiary/aromatic N) is 4. The second-order valence-corrected chi connectivity index (χ2v) is 3.97. The van der Waals surface area contributed by atoms with E-state index < -0.39 is 11.7 Å². The van der Waals surface area contributed by atoms with Crippen LogP contribution in [0, 0.1) is 13.8 Å². The van der Waals surface area contributed by atoms with Gasteiger partial charge in [-0.2, -0.15) is 17.9 Å². The van der Waals surface area contributed by atoms with Crippen molar-refractivity contribution < 1.29 is 13.2 Å². The molecule has 0 saturated heterocycles. The Morgan fingerprint density at radius 1 is 1.16 bits per heavy atom. The standard InChI is InChI=1S/C11H12F3N5/c1-6-16-7(2)19(18-6)10-5-8(11(12,13)14)4-9(15-3)17-10/h4-5H,1-3H3,(H,15,17). The average Bonchev–Trinajstić information content (AvgIpc) is 2.66. The van der Waals surface area contributed by atoms with E-state index in [0.29, 0.717) is 11.6 Å². The van der Waals surface area contributed by atoms with E-state index in [9.17, 15) is 13.2 Å². The van der Waals surface area contributed by atoms with Gasteiger partial charge >= 0.3 is 6.18 Å². The maximum Gasteiger partial charge on any atom is 0.416 e. The molecule has 0 spiro atoms. The summed E-state index contributed by atoms with van der Waals surface area (Å²) in [5, 5.41) is 6.63. The van der Waals surface area contributed by atoms with Crippen molar-refractivity contribution in [3.05, 3.63) is 29.3 Å². The second kappa shape index (κ2) is 4.52. The number of rotatable bonds is 2. The molecule has 0 radical (unpaired) electrons. The van der Waals surface area contributed by atoms with Gasteiger partial charge in [-0.1, -0.05) is 0 Å². The molecule has 0 aliphatic carbocycles. The maximum absolute atomic E-state index is 12.8. The third-order valence-corrected chi connectivity index (χ3v) is 2.49. The average molecular weight is 271 g/mol. The highest BCUT2D eigenvalue weighted by Crippen LogP contribution is 2.31. The highest BCUT2D eigenvalue weighted by Gasteiger charge is 2.32. The van der Waals surface area contributed by atoms with Gasteiger partial charge in [0.05, 0.1) is 5.56 Å². The minimum absolute atomic E-state index is 0.0808. The first-order valence-corrected chi connectivity index (χ1v) is 5.49. The fraction of sp³-hybridized carbons (Fsp3) is 0.364. The molecule has 102 valence electrons. The van der Waals surface area contributed by atoms with Gasteiger partial charge in [-0.25, -0.2) is 9.97 Å². The number of pyridine rings is 1. The maximum atomic E-state index is 12.8. The highest BCUT2D eigenvalue weighted by atomic mass is 19.4. The molecule has 8 heteroatoms. The molecule has 0 amide bonds. The van der Waals surface area contributed by atoms with Crippen molar-refractivity contribution in [2.75, 3.05) is 12.4 Å². The summed E-state index contributed by atoms with van der Waals surface area (Å²) >= 11 is 0. The van der Waals surface area contributed by atoms with Crippen LogP contribution in [0.5, 0.6) is 0 Å². The molecule has 19 heavy (non-hydrogen) atoms. The van der Waals surface area contributed by atoms with Gasteiger partial charge in [-0.05, 0) is 26.0 Å². The SMILES string of the molecule is CNc1cc(C(F)(F)F)cc(-n2nc(C)nc2C)n1. The van der Waals surface area contributed by atoms with Crippen LogP contribution in [0.15, 0.2) is 12.1 Å². The molecule has 2 rings (SSSR count). The summed E-state index contributed by atoms with van der Waals surface area (Å²) in [6.07, 6.45) is -4.44. The lowest BCUT2D eigenvalue weighted by atomic mass is 10.2. The van der Waals surface area contributed by atoms with Gasteiger partial charge in [-0.15, -0.1) is 5.10 Å². The van der Waals surface area contributed by atoms with Crippen molar-refractivity contribution >= 4 is 5.82 Å². The van der Waals surface area contributed by atoms with Gasteiger partial charge in [0.1, 0.15) is 17.5 Å². The number of halogens is 3. The summed E-state index contributed by atoms with van der Waals surface area (Å²) in [6.45, 7) is 3.32. The third kappa shape index (κ3) is 2.67. The Bertz CT molecular complexity index is 603. The molecule has 2 aromatic rings. The molecule has 0 saturated carbocycles. The van der Waals surface area contributed by atoms with Crippen molar-refractivity contribution in [1.29, 1.82) is 0 Å². The Labute approximate surface area is 107 Å². The van der Waals surface area contributed by atoms with Gasteiger partial charge in [-0.3, -0.25) is 0 Å². The van der Waals surface area contributed by atoms with E-state index in [2.05, 4.69) is 20.4 Å². The van der Waals surface area contributed by atoms with Crippen LogP contribution in [0.3, 0.4) is 0 Å². The molecule has 0 bridgehead atoms. The van der Waals surface area contributed by atoms with Crippen molar-refractivity contribution in [2.24, 2.45) is 0 Å². The monoisotopic (exact) mass is 271 g/mol. The van der Waals surface area contributed by atoms with Crippen molar-refractivity contribution in [3.63, 3.8) is 0 Å². The van der Waals surface area contributed by atoms with Crippen LogP contribution >= 0.6 is 0 Å². The largest absolute Gasteiger partial charge is 0.416 e. The zero-order chi connectivity index (χ0) is 14.2. The van der Waals surface area contributed by atoms with Gasteiger partial charge in [0, 0.05) is 7.05 Å². The van der Waals surface area contributed by atoms with Crippen LogP contribution in [-0.2, 0) is 6.18 Å². The Morgan fingerprint density at radius 2 is 1.84 bits per heavy atom. The molecule has 0 unspecified atom stereocenters. The number of hydrogen-bond acceptors (Lipinski definition) is 4. The van der Waals surface area contributed by atoms with Gasteiger partial charge in [0.25, 0.3) is 0 Å². The van der Waals surface area contributed by atoms with E-state index in [-0.39, 0.29) is 11.6 Å². The Morgan fingerprint density at radius 3 is 2.32 bits per heavy atom. The Balaban J connectivity index is 2.60. The first-order chi connectivity index (χ1) is 8.81. The predicted octanol–water partition coefficient (Wildman–Crippen LogP) is 2.34. The van der Waals surface area contributed by atoms with Gasteiger partial charge in [0.2, 0.25) is 0 Å². The lowest BCUT2D eigenvalue weighted by molar-refractivity contribution is -0.137. The molecular formula is C11H12F3N5. The Hall–Kier alpha value is -2.12. The fourth-order valence-corrected chi connectivity index (χ4v) is 1.65. The summed E-state index contributed by atoms with van der Waals surface area (Å²) in [7, 11) is 1.51. The first kappa shape index (κ1) is 13.3. The van der Waals surface area contributed by atoms with Crippen LogP contribution in [0.25, 0.3) is 5.82 Å². The number of alkyl halides is 3. The molecule has 0 fully saturated rings. The zero-order valence-corrected chi connectivity index (χ0v) is 10.6. The molecule has 0 aromatic carbocycles. The summed E-state index contributed by atoms with van der Waals surface area (Å²) < 4.78 is 39.7. The molecule has 2 heterocycles. The second-order valence-electron chi connectivity index (χ2n) is 3.97. The predicted molar refractivity (Wildman–Crippen MR) is 63.2 cm³/mol. The summed E-state index contributed by atoms with van der Waals surface area (Å²) in [6, 6.07) is 1.89. The number of hydrogen-bond donors (Lipinski definition) is 1. The van der Waals surface area contributed by atoms with Crippen LogP contribution < -0.4 is 5.32 Å². The van der Waals surface area contributed by atoms with Crippen LogP contribution in [0.4, 0.5) is 19.0 Å². The molecule has 5 nitrogen and oxygen atoms in total. The van der Waals surface area contributed by atoms with Crippen molar-refractivity contribution in [3.8, 4) is 5.82 Å². The van der Waals surface area contributed by atoms with Crippen LogP contribution in [0.1, 0.15) is 17.2 Å². The summed E-state index contributed by atoms with van der Waals surface area (Å²) in [4.78, 5) is 8.10. The van der Waals surface area contributed by atoms with E-state index in [0.717, 1.165) is 12.1 Å². The minimum atomic E-state index is -4.44. The number of aryl methyl sites for hydroxylation is 2. The number of anilines is 1. The molecular weight excluding hydrogens is 259 g/mol. The number of aromatic nitrogens is 4. The van der Waals surface area contributed by atoms with Crippen molar-refractivity contribution in [1.82, 2.24) is 19.7 Å². The first-order valence-electron chi connectivity index (χ1n) is 5.49. The van der Waals surface area contributed by atoms with E-state index in [1.165, 1.54) is 11.7 Å². The quantitative estimate of drug-likeness (QED) is 0.910. The molecule has 0 atom stereocenters. The van der Waals surface area contributed by atoms with E-state index >= 15 is 0 Å². The van der Waals surface area contributed by atoms with Crippen LogP contribution in [0.2, 0.25) is 0 Å².